The number of thiazole rings is 1. The van der Waals surface area contributed by atoms with Crippen molar-refractivity contribution in [3.05, 3.63) is 124 Å². The molecule has 1 fully saturated rings. The normalized spacial score (nSPS) is 17.2. The number of ether oxygens (including phenoxy) is 1. The van der Waals surface area contributed by atoms with Gasteiger partial charge in [-0.2, -0.15) is 0 Å². The highest BCUT2D eigenvalue weighted by Crippen LogP contribution is 2.42. The summed E-state index contributed by atoms with van der Waals surface area (Å²) in [4.78, 5) is 60.6. The fourth-order valence-corrected chi connectivity index (χ4v) is 7.31. The Morgan fingerprint density at radius 3 is 2.13 bits per heavy atom. The molecule has 4 aromatic rings. The van der Waals surface area contributed by atoms with Crippen molar-refractivity contribution in [3.8, 4) is 0 Å². The Morgan fingerprint density at radius 2 is 1.52 bits per heavy atom. The van der Waals surface area contributed by atoms with Crippen LogP contribution in [0.25, 0.3) is 0 Å². The molecule has 0 aliphatic carbocycles. The molecule has 0 bridgehead atoms. The van der Waals surface area contributed by atoms with Crippen LogP contribution in [0.5, 0.6) is 0 Å². The zero-order valence-corrected chi connectivity index (χ0v) is 27.2. The smallest absolute Gasteiger partial charge is 0.408 e. The quantitative estimate of drug-likeness (QED) is 0.189. The van der Waals surface area contributed by atoms with Gasteiger partial charge < -0.3 is 20.3 Å². The van der Waals surface area contributed by atoms with Crippen LogP contribution in [0.15, 0.2) is 103 Å². The fraction of sp³-hybridized carbons (Fsp3) is 0.286. The van der Waals surface area contributed by atoms with E-state index in [0.29, 0.717) is 10.8 Å². The highest BCUT2D eigenvalue weighted by Gasteiger charge is 2.46. The number of benzene rings is 3. The molecule has 0 saturated carbocycles. The number of thioether (sulfide) groups is 1. The SMILES string of the molecule is CC(C)[C@H](NC(=O)OCc1ccccc1)C(=O)N1C(c2ccccc2)SC[C@H]1C(=O)N[C@@H](Cc1ccccc1)C(=O)c1nccs1. The minimum absolute atomic E-state index is 0.0544. The third-order valence-corrected chi connectivity index (χ3v) is 9.73. The van der Waals surface area contributed by atoms with Crippen molar-refractivity contribution in [3.63, 3.8) is 0 Å². The van der Waals surface area contributed by atoms with Crippen LogP contribution in [0.3, 0.4) is 0 Å². The van der Waals surface area contributed by atoms with Crippen molar-refractivity contribution in [1.29, 1.82) is 0 Å². The monoisotopic (exact) mass is 656 g/mol. The highest BCUT2D eigenvalue weighted by atomic mass is 32.2. The van der Waals surface area contributed by atoms with E-state index in [-0.39, 0.29) is 24.7 Å². The number of nitrogens with one attached hydrogen (secondary N) is 2. The van der Waals surface area contributed by atoms with Gasteiger partial charge in [0, 0.05) is 23.8 Å². The second kappa shape index (κ2) is 15.7. The van der Waals surface area contributed by atoms with Crippen molar-refractivity contribution < 1.29 is 23.9 Å². The maximum absolute atomic E-state index is 14.4. The molecule has 4 atom stereocenters. The lowest BCUT2D eigenvalue weighted by Gasteiger charge is -2.34. The van der Waals surface area contributed by atoms with Gasteiger partial charge in [0.2, 0.25) is 17.6 Å². The molecule has 2 heterocycles. The van der Waals surface area contributed by atoms with Crippen LogP contribution >= 0.6 is 23.1 Å². The maximum Gasteiger partial charge on any atom is 0.408 e. The largest absolute Gasteiger partial charge is 0.445 e. The van der Waals surface area contributed by atoms with Gasteiger partial charge in [-0.15, -0.1) is 23.1 Å². The Labute approximate surface area is 276 Å². The Balaban J connectivity index is 1.38. The third kappa shape index (κ3) is 8.21. The number of Topliss-reactive ketones (excluding diaryl/α,β-unsaturated/α-hetero) is 1. The zero-order valence-electron chi connectivity index (χ0n) is 25.6. The summed E-state index contributed by atoms with van der Waals surface area (Å²) in [6.45, 7) is 3.72. The molecule has 9 nitrogen and oxygen atoms in total. The lowest BCUT2D eigenvalue weighted by molar-refractivity contribution is -0.142. The molecule has 238 valence electrons. The number of aromatic nitrogens is 1. The lowest BCUT2D eigenvalue weighted by atomic mass is 10.0. The van der Waals surface area contributed by atoms with E-state index < -0.39 is 41.4 Å². The molecular formula is C35H36N4O5S2. The van der Waals surface area contributed by atoms with Crippen molar-refractivity contribution in [2.45, 2.75) is 50.4 Å². The van der Waals surface area contributed by atoms with Crippen molar-refractivity contribution in [2.24, 2.45) is 5.92 Å². The predicted molar refractivity (Wildman–Crippen MR) is 179 cm³/mol. The summed E-state index contributed by atoms with van der Waals surface area (Å²) in [7, 11) is 0. The average molecular weight is 657 g/mol. The van der Waals surface area contributed by atoms with Gasteiger partial charge in [-0.3, -0.25) is 14.4 Å². The Bertz CT molecular complexity index is 1600. The van der Waals surface area contributed by atoms with Crippen LogP contribution < -0.4 is 10.6 Å². The van der Waals surface area contributed by atoms with E-state index in [2.05, 4.69) is 15.6 Å². The van der Waals surface area contributed by atoms with E-state index in [1.165, 1.54) is 23.1 Å². The Morgan fingerprint density at radius 1 is 0.891 bits per heavy atom. The minimum atomic E-state index is -0.958. The molecule has 0 spiro atoms. The van der Waals surface area contributed by atoms with Gasteiger partial charge in [0.05, 0.1) is 6.04 Å². The third-order valence-electron chi connectivity index (χ3n) is 7.62. The molecule has 1 unspecified atom stereocenters. The summed E-state index contributed by atoms with van der Waals surface area (Å²) >= 11 is 2.68. The summed E-state index contributed by atoms with van der Waals surface area (Å²) in [5.74, 6) is -1.14. The zero-order chi connectivity index (χ0) is 32.5. The molecule has 1 aliphatic rings. The standard InChI is InChI=1S/C35H36N4O5S2/c1-23(2)29(38-35(43)44-21-25-14-8-4-9-15-25)33(42)39-28(22-46-34(39)26-16-10-5-11-17-26)31(41)37-27(20-24-12-6-3-7-13-24)30(40)32-36-18-19-45-32/h3-19,23,27-29,34H,20-22H2,1-2H3,(H,37,41)(H,38,43)/t27-,28-,29-,34?/m0/s1. The topological polar surface area (TPSA) is 118 Å². The van der Waals surface area contributed by atoms with Crippen molar-refractivity contribution in [1.82, 2.24) is 20.5 Å². The second-order valence-electron chi connectivity index (χ2n) is 11.2. The lowest BCUT2D eigenvalue weighted by Crippen LogP contribution is -2.57. The van der Waals surface area contributed by atoms with E-state index in [0.717, 1.165) is 16.7 Å². The number of hydrogen-bond donors (Lipinski definition) is 2. The molecule has 1 aliphatic heterocycles. The summed E-state index contributed by atoms with van der Waals surface area (Å²) in [5.41, 5.74) is 2.55. The molecule has 3 aromatic carbocycles. The number of nitrogens with zero attached hydrogens (tertiary/aromatic N) is 2. The molecular weight excluding hydrogens is 621 g/mol. The number of alkyl carbamates (subject to hydrolysis) is 1. The minimum Gasteiger partial charge on any atom is -0.445 e. The number of carbonyl (C=O) groups excluding carboxylic acids is 4. The molecule has 1 aromatic heterocycles. The Kier molecular flexibility index (Phi) is 11.2. The molecule has 0 radical (unpaired) electrons. The van der Waals surface area contributed by atoms with Gasteiger partial charge in [0.1, 0.15) is 24.1 Å². The molecule has 11 heteroatoms. The number of amides is 3. The second-order valence-corrected chi connectivity index (χ2v) is 13.2. The van der Waals surface area contributed by atoms with E-state index in [1.54, 1.807) is 16.5 Å². The number of ketones is 1. The first-order valence-electron chi connectivity index (χ1n) is 15.1. The summed E-state index contributed by atoms with van der Waals surface area (Å²) in [6, 6.07) is 25.5. The van der Waals surface area contributed by atoms with Gasteiger partial charge in [0.25, 0.3) is 0 Å². The van der Waals surface area contributed by atoms with Gasteiger partial charge in [-0.05, 0) is 22.6 Å². The summed E-state index contributed by atoms with van der Waals surface area (Å²) in [6.07, 6.45) is 1.10. The predicted octanol–water partition coefficient (Wildman–Crippen LogP) is 5.65. The number of carbonyl (C=O) groups is 4. The van der Waals surface area contributed by atoms with Gasteiger partial charge in [0.15, 0.2) is 5.01 Å². The molecule has 5 rings (SSSR count). The Hall–Kier alpha value is -4.48. The molecule has 46 heavy (non-hydrogen) atoms. The first kappa shape index (κ1) is 32.9. The molecule has 1 saturated heterocycles. The first-order chi connectivity index (χ1) is 22.3. The number of rotatable bonds is 12. The van der Waals surface area contributed by atoms with Crippen LogP contribution in [0.1, 0.15) is 45.7 Å². The molecule has 2 N–H and O–H groups in total. The van der Waals surface area contributed by atoms with Crippen LogP contribution in [0.2, 0.25) is 0 Å². The average Bonchev–Trinajstić information content (AvgIpc) is 3.78. The number of hydrogen-bond acceptors (Lipinski definition) is 8. The fourth-order valence-electron chi connectivity index (χ4n) is 5.24. The van der Waals surface area contributed by atoms with Crippen LogP contribution in [-0.4, -0.2) is 57.5 Å². The van der Waals surface area contributed by atoms with Gasteiger partial charge >= 0.3 is 6.09 Å². The van der Waals surface area contributed by atoms with Crippen molar-refractivity contribution in [2.75, 3.05) is 5.75 Å². The van der Waals surface area contributed by atoms with Gasteiger partial charge in [-0.1, -0.05) is 105 Å². The van der Waals surface area contributed by atoms with E-state index in [1.807, 2.05) is 105 Å². The van der Waals surface area contributed by atoms with E-state index in [4.69, 9.17) is 4.74 Å². The van der Waals surface area contributed by atoms with Crippen molar-refractivity contribution >= 4 is 46.8 Å². The summed E-state index contributed by atoms with van der Waals surface area (Å²) < 4.78 is 5.43. The maximum atomic E-state index is 14.4. The van der Waals surface area contributed by atoms with Gasteiger partial charge in [-0.25, -0.2) is 9.78 Å². The summed E-state index contributed by atoms with van der Waals surface area (Å²) in [5, 5.41) is 7.25. The first-order valence-corrected chi connectivity index (χ1v) is 17.0. The van der Waals surface area contributed by atoms with Crippen LogP contribution in [0, 0.1) is 5.92 Å². The van der Waals surface area contributed by atoms with Crippen LogP contribution in [-0.2, 0) is 27.4 Å². The van der Waals surface area contributed by atoms with Crippen LogP contribution in [0.4, 0.5) is 4.79 Å². The van der Waals surface area contributed by atoms with E-state index in [9.17, 15) is 19.2 Å². The molecule has 3 amide bonds. The van der Waals surface area contributed by atoms with E-state index >= 15 is 0 Å². The highest BCUT2D eigenvalue weighted by molar-refractivity contribution is 7.99.